The van der Waals surface area contributed by atoms with E-state index in [1.165, 1.54) is 31.2 Å². The van der Waals surface area contributed by atoms with E-state index in [0.29, 0.717) is 10.2 Å². The van der Waals surface area contributed by atoms with E-state index in [9.17, 15) is 0 Å². The molecule has 4 fully saturated rings. The predicted molar refractivity (Wildman–Crippen MR) is 81.3 cm³/mol. The van der Waals surface area contributed by atoms with Crippen molar-refractivity contribution in [1.29, 1.82) is 0 Å². The van der Waals surface area contributed by atoms with Crippen LogP contribution in [-0.2, 0) is 6.42 Å². The molecule has 1 aromatic heterocycles. The second-order valence-corrected chi connectivity index (χ2v) is 8.97. The monoisotopic (exact) mass is 324 g/mol. The van der Waals surface area contributed by atoms with Gasteiger partial charge in [0, 0.05) is 4.83 Å². The molecule has 1 unspecified atom stereocenters. The lowest BCUT2D eigenvalue weighted by atomic mass is 9.48. The summed E-state index contributed by atoms with van der Waals surface area (Å²) in [5.41, 5.74) is 2.19. The Kier molecular flexibility index (Phi) is 2.89. The summed E-state index contributed by atoms with van der Waals surface area (Å²) >= 11 is 5.93. The van der Waals surface area contributed by atoms with E-state index in [0.717, 1.165) is 17.8 Å². The zero-order valence-electron chi connectivity index (χ0n) is 10.8. The Balaban J connectivity index is 1.56. The van der Waals surface area contributed by atoms with E-state index in [1.54, 1.807) is 19.3 Å². The van der Waals surface area contributed by atoms with Crippen molar-refractivity contribution >= 4 is 27.3 Å². The van der Waals surface area contributed by atoms with Crippen LogP contribution < -0.4 is 0 Å². The van der Waals surface area contributed by atoms with Gasteiger partial charge < -0.3 is 0 Å². The average molecular weight is 325 g/mol. The smallest absolute Gasteiger partial charge is 0.0243 e. The summed E-state index contributed by atoms with van der Waals surface area (Å²) in [6.07, 6.45) is 10.4. The highest BCUT2D eigenvalue weighted by Gasteiger charge is 2.53. The molecule has 18 heavy (non-hydrogen) atoms. The van der Waals surface area contributed by atoms with Crippen LogP contribution >= 0.6 is 27.3 Å². The van der Waals surface area contributed by atoms with Gasteiger partial charge in [0.25, 0.3) is 0 Å². The van der Waals surface area contributed by atoms with Gasteiger partial charge in [0.15, 0.2) is 0 Å². The summed E-state index contributed by atoms with van der Waals surface area (Å²) in [5, 5.41) is 4.55. The minimum Gasteiger partial charge on any atom is -0.152 e. The Hall–Kier alpha value is 0.180. The van der Waals surface area contributed by atoms with Gasteiger partial charge in [-0.15, -0.1) is 0 Å². The van der Waals surface area contributed by atoms with E-state index in [2.05, 4.69) is 32.8 Å². The molecule has 0 saturated heterocycles. The number of thiophene rings is 1. The number of halogens is 1. The molecule has 5 rings (SSSR count). The number of rotatable bonds is 3. The molecule has 1 atom stereocenters. The Bertz CT molecular complexity index is 387. The number of alkyl halides is 1. The lowest BCUT2D eigenvalue weighted by Crippen LogP contribution is -2.50. The van der Waals surface area contributed by atoms with Crippen LogP contribution in [0.2, 0.25) is 0 Å². The molecule has 1 heterocycles. The molecule has 4 saturated carbocycles. The molecular formula is C16H21BrS. The fraction of sp³-hybridized carbons (Fsp3) is 0.750. The summed E-state index contributed by atoms with van der Waals surface area (Å²) < 4.78 is 0. The summed E-state index contributed by atoms with van der Waals surface area (Å²) in [5.74, 6) is 3.20. The third kappa shape index (κ3) is 1.91. The fourth-order valence-electron chi connectivity index (χ4n) is 5.39. The molecule has 2 heteroatoms. The second kappa shape index (κ2) is 4.34. The minimum absolute atomic E-state index is 0.649. The highest BCUT2D eigenvalue weighted by Crippen LogP contribution is 2.62. The third-order valence-electron chi connectivity index (χ3n) is 5.75. The van der Waals surface area contributed by atoms with Crippen molar-refractivity contribution in [2.45, 2.75) is 49.8 Å². The van der Waals surface area contributed by atoms with Crippen molar-refractivity contribution in [1.82, 2.24) is 0 Å². The molecule has 0 aliphatic heterocycles. The highest BCUT2D eigenvalue weighted by molar-refractivity contribution is 9.09. The van der Waals surface area contributed by atoms with Crippen LogP contribution in [0.15, 0.2) is 16.8 Å². The summed E-state index contributed by atoms with van der Waals surface area (Å²) in [7, 11) is 0. The van der Waals surface area contributed by atoms with Crippen LogP contribution in [0.3, 0.4) is 0 Å². The summed E-state index contributed by atoms with van der Waals surface area (Å²) in [6.45, 7) is 0. The van der Waals surface area contributed by atoms with Crippen molar-refractivity contribution in [2.75, 3.05) is 0 Å². The van der Waals surface area contributed by atoms with Crippen LogP contribution in [0.1, 0.15) is 44.1 Å². The standard InChI is InChI=1S/C16H21BrS/c17-15(6-11-1-2-18-10-11)16-7-12-3-13(8-16)5-14(4-12)9-16/h1-2,10,12-15H,3-9H2. The molecule has 0 amide bonds. The van der Waals surface area contributed by atoms with Gasteiger partial charge in [0.1, 0.15) is 0 Å². The van der Waals surface area contributed by atoms with Gasteiger partial charge in [-0.2, -0.15) is 11.3 Å². The summed E-state index contributed by atoms with van der Waals surface area (Å²) in [6, 6.07) is 2.30. The van der Waals surface area contributed by atoms with Crippen molar-refractivity contribution in [3.8, 4) is 0 Å². The average Bonchev–Trinajstić information content (AvgIpc) is 2.79. The molecule has 0 spiro atoms. The quantitative estimate of drug-likeness (QED) is 0.664. The molecular weight excluding hydrogens is 304 g/mol. The van der Waals surface area contributed by atoms with Gasteiger partial charge in [-0.3, -0.25) is 0 Å². The van der Waals surface area contributed by atoms with Crippen LogP contribution in [0, 0.1) is 23.2 Å². The molecule has 4 aliphatic carbocycles. The molecule has 0 N–H and O–H groups in total. The van der Waals surface area contributed by atoms with Gasteiger partial charge in [-0.25, -0.2) is 0 Å². The van der Waals surface area contributed by atoms with Crippen LogP contribution in [0.4, 0.5) is 0 Å². The van der Waals surface area contributed by atoms with Crippen LogP contribution in [0.5, 0.6) is 0 Å². The van der Waals surface area contributed by atoms with Crippen LogP contribution in [-0.4, -0.2) is 4.83 Å². The lowest BCUT2D eigenvalue weighted by Gasteiger charge is -2.58. The van der Waals surface area contributed by atoms with E-state index in [1.807, 2.05) is 11.3 Å². The van der Waals surface area contributed by atoms with Crippen LogP contribution in [0.25, 0.3) is 0 Å². The van der Waals surface area contributed by atoms with E-state index < -0.39 is 0 Å². The zero-order chi connectivity index (χ0) is 12.2. The predicted octanol–water partition coefficient (Wildman–Crippen LogP) is 5.27. The van der Waals surface area contributed by atoms with Gasteiger partial charge in [0.2, 0.25) is 0 Å². The van der Waals surface area contributed by atoms with E-state index >= 15 is 0 Å². The van der Waals surface area contributed by atoms with Crippen molar-refractivity contribution in [2.24, 2.45) is 23.2 Å². The number of hydrogen-bond donors (Lipinski definition) is 0. The topological polar surface area (TPSA) is 0 Å². The molecule has 0 nitrogen and oxygen atoms in total. The normalized spacial score (nSPS) is 43.3. The fourth-order valence-corrected chi connectivity index (χ4v) is 7.01. The maximum atomic E-state index is 4.09. The Morgan fingerprint density at radius 3 is 2.28 bits per heavy atom. The van der Waals surface area contributed by atoms with Crippen molar-refractivity contribution in [3.63, 3.8) is 0 Å². The first-order chi connectivity index (χ1) is 8.73. The maximum absolute atomic E-state index is 4.09. The SMILES string of the molecule is BrC(Cc1ccsc1)C12CC3CC(CC(C3)C1)C2. The highest BCUT2D eigenvalue weighted by atomic mass is 79.9. The molecule has 98 valence electrons. The van der Waals surface area contributed by atoms with Gasteiger partial charge in [-0.05, 0) is 90.5 Å². The van der Waals surface area contributed by atoms with Crippen molar-refractivity contribution < 1.29 is 0 Å². The molecule has 4 bridgehead atoms. The first-order valence-corrected chi connectivity index (χ1v) is 9.24. The minimum atomic E-state index is 0.649. The third-order valence-corrected chi connectivity index (χ3v) is 7.77. The molecule has 4 aliphatic rings. The largest absolute Gasteiger partial charge is 0.152 e. The Morgan fingerprint density at radius 1 is 1.17 bits per heavy atom. The molecule has 0 radical (unpaired) electrons. The van der Waals surface area contributed by atoms with E-state index in [4.69, 9.17) is 0 Å². The van der Waals surface area contributed by atoms with Crippen molar-refractivity contribution in [3.05, 3.63) is 22.4 Å². The van der Waals surface area contributed by atoms with Gasteiger partial charge >= 0.3 is 0 Å². The first-order valence-electron chi connectivity index (χ1n) is 7.39. The lowest BCUT2D eigenvalue weighted by molar-refractivity contribution is -0.0522. The molecule has 0 aromatic carbocycles. The molecule has 1 aromatic rings. The van der Waals surface area contributed by atoms with Gasteiger partial charge in [0.05, 0.1) is 0 Å². The van der Waals surface area contributed by atoms with E-state index in [-0.39, 0.29) is 0 Å². The second-order valence-electron chi connectivity index (χ2n) is 7.08. The Labute approximate surface area is 122 Å². The zero-order valence-corrected chi connectivity index (χ0v) is 13.2. The Morgan fingerprint density at radius 2 is 1.78 bits per heavy atom. The first kappa shape index (κ1) is 12.0. The summed E-state index contributed by atoms with van der Waals surface area (Å²) in [4.78, 5) is 0.716. The maximum Gasteiger partial charge on any atom is 0.0243 e. The number of hydrogen-bond acceptors (Lipinski definition) is 1. The van der Waals surface area contributed by atoms with Gasteiger partial charge in [-0.1, -0.05) is 15.9 Å².